The van der Waals surface area contributed by atoms with Gasteiger partial charge in [0.2, 0.25) is 10.0 Å². The van der Waals surface area contributed by atoms with Gasteiger partial charge in [-0.3, -0.25) is 4.79 Å². The van der Waals surface area contributed by atoms with E-state index in [0.717, 1.165) is 18.7 Å². The van der Waals surface area contributed by atoms with Gasteiger partial charge in [0.25, 0.3) is 5.91 Å². The van der Waals surface area contributed by atoms with Crippen molar-refractivity contribution in [3.05, 3.63) is 64.7 Å². The van der Waals surface area contributed by atoms with Gasteiger partial charge in [0.15, 0.2) is 0 Å². The van der Waals surface area contributed by atoms with Crippen LogP contribution in [0.3, 0.4) is 0 Å². The Morgan fingerprint density at radius 3 is 2.21 bits per heavy atom. The van der Waals surface area contributed by atoms with E-state index >= 15 is 0 Å². The molecule has 2 aromatic rings. The summed E-state index contributed by atoms with van der Waals surface area (Å²) < 4.78 is 26.9. The number of benzene rings is 2. The van der Waals surface area contributed by atoms with Gasteiger partial charge in [0.1, 0.15) is 0 Å². The molecule has 1 fully saturated rings. The van der Waals surface area contributed by atoms with E-state index in [1.807, 2.05) is 0 Å². The smallest absolute Gasteiger partial charge is 0.271 e. The minimum absolute atomic E-state index is 0.260. The molecular formula is C19H22ClN4O3S+. The lowest BCUT2D eigenvalue weighted by Crippen LogP contribution is -2.89. The molecule has 0 radical (unpaired) electrons. The van der Waals surface area contributed by atoms with Gasteiger partial charge in [-0.25, -0.2) is 13.8 Å². The largest absolute Gasteiger partial charge is 0.344 e. The van der Waals surface area contributed by atoms with Gasteiger partial charge in [0.05, 0.1) is 36.8 Å². The van der Waals surface area contributed by atoms with Crippen LogP contribution in [0.5, 0.6) is 0 Å². The van der Waals surface area contributed by atoms with Gasteiger partial charge in [-0.05, 0) is 48.9 Å². The Morgan fingerprint density at radius 2 is 1.61 bits per heavy atom. The first kappa shape index (κ1) is 20.5. The van der Waals surface area contributed by atoms with Crippen molar-refractivity contribution in [2.24, 2.45) is 5.10 Å². The Bertz CT molecular complexity index is 967. The average molecular weight is 422 g/mol. The first-order valence-corrected chi connectivity index (χ1v) is 10.7. The molecule has 7 nitrogen and oxygen atoms in total. The topological polar surface area (TPSA) is 95.4 Å². The lowest BCUT2D eigenvalue weighted by atomic mass is 10.1. The van der Waals surface area contributed by atoms with Gasteiger partial charge in [-0.2, -0.15) is 9.41 Å². The van der Waals surface area contributed by atoms with E-state index in [1.165, 1.54) is 4.31 Å². The maximum absolute atomic E-state index is 12.7. The normalized spacial score (nSPS) is 16.0. The number of amides is 1. The van der Waals surface area contributed by atoms with Crippen molar-refractivity contribution in [3.8, 4) is 0 Å². The van der Waals surface area contributed by atoms with Crippen molar-refractivity contribution >= 4 is 33.2 Å². The quantitative estimate of drug-likeness (QED) is 0.558. The Kier molecular flexibility index (Phi) is 6.46. The van der Waals surface area contributed by atoms with E-state index in [-0.39, 0.29) is 10.8 Å². The van der Waals surface area contributed by atoms with E-state index in [0.29, 0.717) is 29.4 Å². The summed E-state index contributed by atoms with van der Waals surface area (Å²) >= 11 is 5.81. The van der Waals surface area contributed by atoms with Gasteiger partial charge in [-0.1, -0.05) is 23.7 Å². The molecule has 28 heavy (non-hydrogen) atoms. The molecule has 0 bridgehead atoms. The molecule has 1 aliphatic heterocycles. The van der Waals surface area contributed by atoms with E-state index in [2.05, 4.69) is 15.8 Å². The minimum Gasteiger partial charge on any atom is -0.344 e. The standard InChI is InChI=1S/C19H21ClN4O3S/c1-14(22-23-19(25)16-2-6-17(20)7-3-16)15-4-8-18(9-5-15)28(26,27)24-12-10-21-11-13-24/h2-9,21H,10-13H2,1H3,(H,23,25)/p+1/b22-14-. The number of hydrazone groups is 1. The van der Waals surface area contributed by atoms with Crippen molar-refractivity contribution in [3.63, 3.8) is 0 Å². The molecule has 1 saturated heterocycles. The number of quaternary nitrogens is 1. The third-order valence-corrected chi connectivity index (χ3v) is 6.67. The van der Waals surface area contributed by atoms with E-state index in [9.17, 15) is 13.2 Å². The van der Waals surface area contributed by atoms with Gasteiger partial charge < -0.3 is 5.32 Å². The SMILES string of the molecule is C/C(=N/NC(=O)c1ccc(Cl)cc1)c1ccc(S(=O)(=O)N2CC[NH2+]CC2)cc1. The minimum atomic E-state index is -3.48. The molecule has 0 unspecified atom stereocenters. The fourth-order valence-electron chi connectivity index (χ4n) is 2.85. The van der Waals surface area contributed by atoms with Gasteiger partial charge >= 0.3 is 0 Å². The van der Waals surface area contributed by atoms with Crippen molar-refractivity contribution in [1.82, 2.24) is 9.73 Å². The summed E-state index contributed by atoms with van der Waals surface area (Å²) in [7, 11) is -3.48. The van der Waals surface area contributed by atoms with Crippen LogP contribution in [0.4, 0.5) is 0 Å². The summed E-state index contributed by atoms with van der Waals surface area (Å²) in [6.45, 7) is 4.32. The second-order valence-corrected chi connectivity index (χ2v) is 8.81. The molecule has 0 aliphatic carbocycles. The van der Waals surface area contributed by atoms with E-state index in [4.69, 9.17) is 11.6 Å². The lowest BCUT2D eigenvalue weighted by molar-refractivity contribution is -0.661. The zero-order valence-corrected chi connectivity index (χ0v) is 17.0. The Hall–Kier alpha value is -2.26. The van der Waals surface area contributed by atoms with Crippen LogP contribution >= 0.6 is 11.6 Å². The summed E-state index contributed by atoms with van der Waals surface area (Å²) in [5.74, 6) is -0.350. The van der Waals surface area contributed by atoms with E-state index in [1.54, 1.807) is 55.5 Å². The van der Waals surface area contributed by atoms with Crippen LogP contribution < -0.4 is 10.7 Å². The number of sulfonamides is 1. The Balaban J connectivity index is 1.69. The Labute approximate surface area is 169 Å². The van der Waals surface area contributed by atoms with Crippen LogP contribution in [0.15, 0.2) is 58.5 Å². The molecule has 0 aromatic heterocycles. The highest BCUT2D eigenvalue weighted by Gasteiger charge is 2.27. The number of hydrogen-bond donors (Lipinski definition) is 2. The lowest BCUT2D eigenvalue weighted by Gasteiger charge is -2.24. The monoisotopic (exact) mass is 421 g/mol. The third kappa shape index (κ3) is 4.77. The predicted molar refractivity (Wildman–Crippen MR) is 108 cm³/mol. The fraction of sp³-hybridized carbons (Fsp3) is 0.263. The molecule has 2 aromatic carbocycles. The second-order valence-electron chi connectivity index (χ2n) is 6.44. The molecule has 148 valence electrons. The third-order valence-electron chi connectivity index (χ3n) is 4.51. The number of piperazine rings is 1. The molecule has 1 heterocycles. The maximum atomic E-state index is 12.7. The molecule has 0 saturated carbocycles. The first-order chi connectivity index (χ1) is 13.4. The number of carbonyl (C=O) groups is 1. The number of nitrogens with one attached hydrogen (secondary N) is 1. The summed E-state index contributed by atoms with van der Waals surface area (Å²) in [6.07, 6.45) is 0. The second kappa shape index (κ2) is 8.83. The summed E-state index contributed by atoms with van der Waals surface area (Å²) in [5, 5.41) is 6.75. The maximum Gasteiger partial charge on any atom is 0.271 e. The summed E-state index contributed by atoms with van der Waals surface area (Å²) in [5.41, 5.74) is 4.23. The van der Waals surface area contributed by atoms with E-state index < -0.39 is 10.0 Å². The zero-order chi connectivity index (χ0) is 20.1. The number of rotatable bonds is 5. The number of hydrogen-bond acceptors (Lipinski definition) is 4. The molecule has 0 spiro atoms. The fourth-order valence-corrected chi connectivity index (χ4v) is 4.44. The van der Waals surface area contributed by atoms with Crippen LogP contribution in [0, 0.1) is 0 Å². The molecule has 3 N–H and O–H groups in total. The molecule has 1 amide bonds. The molecule has 9 heteroatoms. The number of nitrogens with two attached hydrogens (primary N) is 1. The van der Waals surface area contributed by atoms with Crippen LogP contribution in [0.2, 0.25) is 5.02 Å². The Morgan fingerprint density at radius 1 is 1.04 bits per heavy atom. The first-order valence-electron chi connectivity index (χ1n) is 8.90. The highest BCUT2D eigenvalue weighted by Crippen LogP contribution is 2.17. The van der Waals surface area contributed by atoms with Crippen molar-refractivity contribution in [2.45, 2.75) is 11.8 Å². The molecule has 1 aliphatic rings. The molecule has 3 rings (SSSR count). The van der Waals surface area contributed by atoms with Gasteiger partial charge in [-0.15, -0.1) is 0 Å². The highest BCUT2D eigenvalue weighted by atomic mass is 35.5. The van der Waals surface area contributed by atoms with Crippen LogP contribution in [0.25, 0.3) is 0 Å². The van der Waals surface area contributed by atoms with Crippen molar-refractivity contribution < 1.29 is 18.5 Å². The highest BCUT2D eigenvalue weighted by molar-refractivity contribution is 7.89. The van der Waals surface area contributed by atoms with Gasteiger partial charge in [0, 0.05) is 10.6 Å². The van der Waals surface area contributed by atoms with Crippen LogP contribution in [-0.4, -0.2) is 50.5 Å². The van der Waals surface area contributed by atoms with Crippen molar-refractivity contribution in [2.75, 3.05) is 26.2 Å². The van der Waals surface area contributed by atoms with Crippen LogP contribution in [-0.2, 0) is 10.0 Å². The summed E-state index contributed by atoms with van der Waals surface area (Å²) in [4.78, 5) is 12.4. The van der Waals surface area contributed by atoms with Crippen LogP contribution in [0.1, 0.15) is 22.8 Å². The molecule has 0 atom stereocenters. The average Bonchev–Trinajstić information content (AvgIpc) is 2.73. The number of nitrogens with zero attached hydrogens (tertiary/aromatic N) is 2. The number of halogens is 1. The number of carbonyl (C=O) groups excluding carboxylic acids is 1. The van der Waals surface area contributed by atoms with Crippen molar-refractivity contribution in [1.29, 1.82) is 0 Å². The summed E-state index contributed by atoms with van der Waals surface area (Å²) in [6, 6.07) is 13.0. The predicted octanol–water partition coefficient (Wildman–Crippen LogP) is 1.06. The molecular weight excluding hydrogens is 400 g/mol. The zero-order valence-electron chi connectivity index (χ0n) is 15.4.